The van der Waals surface area contributed by atoms with Crippen LogP contribution in [0.5, 0.6) is 0 Å². The highest BCUT2D eigenvalue weighted by Gasteiger charge is 2.70. The van der Waals surface area contributed by atoms with E-state index in [0.29, 0.717) is 11.4 Å². The Hall–Kier alpha value is 0.778. The van der Waals surface area contributed by atoms with Crippen molar-refractivity contribution < 1.29 is 13.0 Å². The second kappa shape index (κ2) is 8.42. The third-order valence-corrected chi connectivity index (χ3v) is 39.8. The van der Waals surface area contributed by atoms with Crippen molar-refractivity contribution in [1.82, 2.24) is 0 Å². The quantitative estimate of drug-likeness (QED) is 0.279. The van der Waals surface area contributed by atoms with E-state index < -0.39 is 32.5 Å². The van der Waals surface area contributed by atoms with E-state index in [1.807, 2.05) is 0 Å². The van der Waals surface area contributed by atoms with E-state index in [1.54, 1.807) is 0 Å². The van der Waals surface area contributed by atoms with Crippen LogP contribution < -0.4 is 0 Å². The summed E-state index contributed by atoms with van der Waals surface area (Å²) in [4.78, 5) is 11.2. The van der Waals surface area contributed by atoms with E-state index in [9.17, 15) is 4.80 Å². The highest BCUT2D eigenvalue weighted by molar-refractivity contribution is 7.44. The van der Waals surface area contributed by atoms with Crippen LogP contribution >= 0.6 is 11.6 Å². The predicted molar refractivity (Wildman–Crippen MR) is 120 cm³/mol. The predicted octanol–water partition coefficient (Wildman–Crippen LogP) is 5.84. The summed E-state index contributed by atoms with van der Waals surface area (Å²) in [5.41, 5.74) is 1.63. The molecule has 148 valence electrons. The molecule has 0 amide bonds. The van der Waals surface area contributed by atoms with Crippen LogP contribution in [0.15, 0.2) is 12.2 Å². The molecule has 1 fully saturated rings. The highest BCUT2D eigenvalue weighted by atomic mass is 35.5. The molecule has 1 aliphatic rings. The van der Waals surface area contributed by atoms with E-state index in [-0.39, 0.29) is 5.16 Å². The van der Waals surface area contributed by atoms with Gasteiger partial charge in [0.1, 0.15) is 0 Å². The van der Waals surface area contributed by atoms with Crippen LogP contribution in [0, 0.1) is 0 Å². The van der Waals surface area contributed by atoms with Gasteiger partial charge in [0, 0.05) is 11.9 Å². The maximum atomic E-state index is 11.2. The molecule has 0 aromatic rings. The third-order valence-electron chi connectivity index (χ3n) is 6.62. The van der Waals surface area contributed by atoms with Gasteiger partial charge >= 0.3 is 8.56 Å². The minimum absolute atomic E-state index is 0.277. The molecular weight excluding hydrogens is 400 g/mol. The molecule has 5 atom stereocenters. The second-order valence-electron chi connectivity index (χ2n) is 8.84. The molecule has 0 aromatic carbocycles. The minimum Gasteiger partial charge on any atom is -0.436 e. The van der Waals surface area contributed by atoms with Gasteiger partial charge in [0.05, 0.1) is 0 Å². The first kappa shape index (κ1) is 23.8. The molecule has 0 radical (unpaired) electrons. The molecule has 0 aliphatic carbocycles. The van der Waals surface area contributed by atoms with E-state index in [1.165, 1.54) is 0 Å². The summed E-state index contributed by atoms with van der Waals surface area (Å²) < 4.78 is 14.2. The zero-order valence-electron chi connectivity index (χ0n) is 17.5. The van der Waals surface area contributed by atoms with Gasteiger partial charge in [-0.05, 0) is 55.8 Å². The fraction of sp³-hybridized carbons (Fsp3) is 0.882. The molecule has 0 saturated carbocycles. The van der Waals surface area contributed by atoms with Gasteiger partial charge in [-0.1, -0.05) is 33.3 Å². The number of rotatable bonds is 9. The standard InChI is InChI=1S/C17H39ClO3Si4/c1-10-22(7,19)17(6)24(9)21-25(13-11-12-18,14-15(2)3)20-23(24,8)16(4)5/h16-17,19H,2,10-14H2,1,3-9H3. The summed E-state index contributed by atoms with van der Waals surface area (Å²) in [6.07, 6.45) is 0.935. The molecule has 1 heterocycles. The second-order valence-corrected chi connectivity index (χ2v) is 30.8. The highest BCUT2D eigenvalue weighted by Crippen LogP contribution is 2.52. The monoisotopic (exact) mass is 438 g/mol. The number of halogens is 1. The van der Waals surface area contributed by atoms with Crippen molar-refractivity contribution in [1.29, 1.82) is 0 Å². The number of allylic oxidation sites excluding steroid dienone is 1. The van der Waals surface area contributed by atoms with Crippen molar-refractivity contribution in [3.63, 3.8) is 0 Å². The Kier molecular flexibility index (Phi) is 8.03. The maximum Gasteiger partial charge on any atom is 0.321 e. The van der Waals surface area contributed by atoms with Crippen molar-refractivity contribution in [2.24, 2.45) is 0 Å². The topological polar surface area (TPSA) is 38.7 Å². The van der Waals surface area contributed by atoms with Gasteiger partial charge in [-0.25, -0.2) is 0 Å². The smallest absolute Gasteiger partial charge is 0.321 e. The SMILES string of the molecule is C=C(C)C[Si]1(CCCCl)O[Si](C)(C(C)C)[Si](C)(C(C)[Si](C)(O)CC)O1. The summed E-state index contributed by atoms with van der Waals surface area (Å²) >= 11 is 6.02. The maximum absolute atomic E-state index is 11.2. The minimum atomic E-state index is -2.35. The summed E-state index contributed by atoms with van der Waals surface area (Å²) in [5, 5.41) is 0.277. The summed E-state index contributed by atoms with van der Waals surface area (Å²) in [5.74, 6) is 0.646. The number of hydrogen-bond donors (Lipinski definition) is 1. The Labute approximate surface area is 164 Å². The molecule has 1 N–H and O–H groups in total. The Balaban J connectivity index is 3.41. The van der Waals surface area contributed by atoms with Gasteiger partial charge < -0.3 is 13.0 Å². The van der Waals surface area contributed by atoms with Crippen LogP contribution in [0.2, 0.25) is 48.5 Å². The zero-order chi connectivity index (χ0) is 19.7. The summed E-state index contributed by atoms with van der Waals surface area (Å²) in [6.45, 7) is 22.1. The number of hydrogen-bond acceptors (Lipinski definition) is 3. The molecule has 1 saturated heterocycles. The Morgan fingerprint density at radius 2 is 1.72 bits per heavy atom. The molecule has 0 spiro atoms. The molecule has 5 unspecified atom stereocenters. The lowest BCUT2D eigenvalue weighted by atomic mass is 10.4. The van der Waals surface area contributed by atoms with Crippen molar-refractivity contribution in [3.05, 3.63) is 12.2 Å². The van der Waals surface area contributed by atoms with E-state index in [4.69, 9.17) is 19.8 Å². The van der Waals surface area contributed by atoms with Gasteiger partial charge in [0.15, 0.2) is 24.0 Å². The summed E-state index contributed by atoms with van der Waals surface area (Å²) in [6, 6.07) is 2.69. The Morgan fingerprint density at radius 1 is 1.20 bits per heavy atom. The summed E-state index contributed by atoms with van der Waals surface area (Å²) in [7, 11) is -8.97. The van der Waals surface area contributed by atoms with Crippen LogP contribution in [0.25, 0.3) is 0 Å². The van der Waals surface area contributed by atoms with Crippen molar-refractivity contribution in [3.8, 4) is 0 Å². The third kappa shape index (κ3) is 4.62. The van der Waals surface area contributed by atoms with Crippen molar-refractivity contribution >= 4 is 44.1 Å². The van der Waals surface area contributed by atoms with Crippen LogP contribution in [0.4, 0.5) is 0 Å². The van der Waals surface area contributed by atoms with E-state index in [0.717, 1.165) is 30.1 Å². The Bertz CT molecular complexity index is 491. The van der Waals surface area contributed by atoms with Gasteiger partial charge in [0.25, 0.3) is 0 Å². The van der Waals surface area contributed by atoms with Crippen LogP contribution in [0.3, 0.4) is 0 Å². The normalized spacial score (nSPS) is 36.4. The van der Waals surface area contributed by atoms with E-state index in [2.05, 4.69) is 60.8 Å². The van der Waals surface area contributed by atoms with Crippen molar-refractivity contribution in [2.75, 3.05) is 5.88 Å². The zero-order valence-corrected chi connectivity index (χ0v) is 22.3. The first-order chi connectivity index (χ1) is 11.3. The lowest BCUT2D eigenvalue weighted by Gasteiger charge is -2.45. The fourth-order valence-corrected chi connectivity index (χ4v) is 44.6. The van der Waals surface area contributed by atoms with Crippen LogP contribution in [0.1, 0.15) is 41.0 Å². The van der Waals surface area contributed by atoms with Crippen LogP contribution in [-0.4, -0.2) is 43.2 Å². The number of alkyl halides is 1. The van der Waals surface area contributed by atoms with Gasteiger partial charge in [-0.2, -0.15) is 0 Å². The molecule has 0 bridgehead atoms. The van der Waals surface area contributed by atoms with Crippen LogP contribution in [-0.2, 0) is 8.23 Å². The average molecular weight is 439 g/mol. The molecule has 1 aliphatic heterocycles. The largest absolute Gasteiger partial charge is 0.436 e. The Morgan fingerprint density at radius 3 is 2.12 bits per heavy atom. The lowest BCUT2D eigenvalue weighted by molar-refractivity contribution is 0.416. The van der Waals surface area contributed by atoms with Gasteiger partial charge in [-0.3, -0.25) is 0 Å². The average Bonchev–Trinajstić information content (AvgIpc) is 2.73. The van der Waals surface area contributed by atoms with Gasteiger partial charge in [0.2, 0.25) is 0 Å². The fourth-order valence-electron chi connectivity index (χ4n) is 4.16. The molecular formula is C17H39ClO3Si4. The first-order valence-electron chi connectivity index (χ1n) is 9.63. The molecule has 8 heteroatoms. The lowest BCUT2D eigenvalue weighted by Crippen LogP contribution is -2.66. The molecule has 0 aromatic heterocycles. The molecule has 1 rings (SSSR count). The van der Waals surface area contributed by atoms with Crippen molar-refractivity contribution in [2.45, 2.75) is 89.5 Å². The molecule has 3 nitrogen and oxygen atoms in total. The van der Waals surface area contributed by atoms with E-state index >= 15 is 0 Å². The van der Waals surface area contributed by atoms with Gasteiger partial charge in [-0.15, -0.1) is 18.2 Å². The molecule has 25 heavy (non-hydrogen) atoms. The first-order valence-corrected chi connectivity index (χ1v) is 21.1.